The lowest BCUT2D eigenvalue weighted by Crippen LogP contribution is -2.43. The molecule has 12 heteroatoms. The first-order valence-electron chi connectivity index (χ1n) is 16.3. The fourth-order valence-corrected chi connectivity index (χ4v) is 7.23. The normalized spacial score (nSPS) is 18.2. The van der Waals surface area contributed by atoms with Gasteiger partial charge in [-0.1, -0.05) is 43.8 Å². The van der Waals surface area contributed by atoms with Crippen molar-refractivity contribution in [2.75, 3.05) is 33.3 Å². The van der Waals surface area contributed by atoms with Crippen molar-refractivity contribution in [2.45, 2.75) is 48.2 Å². The second kappa shape index (κ2) is 13.9. The van der Waals surface area contributed by atoms with Crippen molar-refractivity contribution in [3.05, 3.63) is 89.5 Å². The number of nitrogens with one attached hydrogen (secondary N) is 2. The maximum absolute atomic E-state index is 13.5. The predicted molar refractivity (Wildman–Crippen MR) is 189 cm³/mol. The van der Waals surface area contributed by atoms with Crippen LogP contribution in [0.1, 0.15) is 41.3 Å². The molecule has 0 aliphatic carbocycles. The van der Waals surface area contributed by atoms with Crippen LogP contribution in [0, 0.1) is 5.92 Å². The molecule has 1 aromatic heterocycles. The summed E-state index contributed by atoms with van der Waals surface area (Å²) in [6.07, 6.45) is -0.0744. The molecule has 11 nitrogen and oxygen atoms in total. The highest BCUT2D eigenvalue weighted by Gasteiger charge is 2.45. The molecule has 0 fully saturated rings. The third-order valence-electron chi connectivity index (χ3n) is 8.93. The van der Waals surface area contributed by atoms with Crippen LogP contribution in [0.2, 0.25) is 0 Å². The van der Waals surface area contributed by atoms with Crippen LogP contribution in [0.15, 0.2) is 82.6 Å². The number of amides is 1. The fourth-order valence-electron chi connectivity index (χ4n) is 6.35. The van der Waals surface area contributed by atoms with Gasteiger partial charge in [-0.3, -0.25) is 10.1 Å². The van der Waals surface area contributed by atoms with Gasteiger partial charge in [0.05, 0.1) is 43.8 Å². The molecule has 0 spiro atoms. The van der Waals surface area contributed by atoms with Gasteiger partial charge in [0.1, 0.15) is 36.1 Å². The SMILES string of the molecule is COC(=O)Nc1nc2ccc(Sc3ccccc3)cc2[nH]1.COc1cc2c(cc1OC)C1C(=O)c3ccc4c(c3OC1CO2)CC(C(C)C)O4. The molecule has 50 heavy (non-hydrogen) atoms. The number of Topliss-reactive ketones (excluding diaryl/α,β-unsaturated/α-hetero) is 1. The summed E-state index contributed by atoms with van der Waals surface area (Å²) >= 11 is 1.67. The lowest BCUT2D eigenvalue weighted by atomic mass is 9.81. The minimum atomic E-state index is -0.548. The van der Waals surface area contributed by atoms with Crippen LogP contribution >= 0.6 is 11.8 Å². The van der Waals surface area contributed by atoms with Crippen LogP contribution in [0.5, 0.6) is 28.7 Å². The van der Waals surface area contributed by atoms with Crippen LogP contribution in [0.3, 0.4) is 0 Å². The van der Waals surface area contributed by atoms with E-state index < -0.39 is 12.0 Å². The zero-order valence-corrected chi connectivity index (χ0v) is 29.1. The molecule has 4 heterocycles. The van der Waals surface area contributed by atoms with E-state index in [-0.39, 0.29) is 18.0 Å². The highest BCUT2D eigenvalue weighted by Crippen LogP contribution is 2.50. The van der Waals surface area contributed by atoms with Crippen LogP contribution in [0.4, 0.5) is 10.7 Å². The number of aromatic amines is 1. The molecule has 0 radical (unpaired) electrons. The Morgan fingerprint density at radius 3 is 2.46 bits per heavy atom. The van der Waals surface area contributed by atoms with Crippen LogP contribution in [-0.2, 0) is 11.2 Å². The number of aromatic nitrogens is 2. The number of hydrogen-bond donors (Lipinski definition) is 2. The molecule has 3 atom stereocenters. The number of imidazole rings is 1. The van der Waals surface area contributed by atoms with Crippen LogP contribution < -0.4 is 29.0 Å². The Kier molecular flexibility index (Phi) is 9.20. The smallest absolute Gasteiger partial charge is 0.413 e. The molecule has 258 valence electrons. The van der Waals surface area contributed by atoms with Gasteiger partial charge in [-0.05, 0) is 54.4 Å². The van der Waals surface area contributed by atoms with Gasteiger partial charge >= 0.3 is 6.09 Å². The van der Waals surface area contributed by atoms with E-state index in [2.05, 4.69) is 46.0 Å². The number of benzene rings is 4. The molecule has 2 N–H and O–H groups in total. The number of ketones is 1. The average Bonchev–Trinajstić information content (AvgIpc) is 3.76. The van der Waals surface area contributed by atoms with Gasteiger partial charge in [0.15, 0.2) is 17.3 Å². The molecule has 0 saturated carbocycles. The molecule has 3 aliphatic rings. The third kappa shape index (κ3) is 6.38. The lowest BCUT2D eigenvalue weighted by molar-refractivity contribution is 0.0554. The van der Waals surface area contributed by atoms with Gasteiger partial charge in [0.2, 0.25) is 5.95 Å². The van der Waals surface area contributed by atoms with Gasteiger partial charge in [-0.15, -0.1) is 0 Å². The van der Waals surface area contributed by atoms with Gasteiger partial charge in [0, 0.05) is 33.4 Å². The van der Waals surface area contributed by atoms with E-state index in [1.165, 1.54) is 12.0 Å². The van der Waals surface area contributed by atoms with E-state index in [9.17, 15) is 9.59 Å². The highest BCUT2D eigenvalue weighted by atomic mass is 32.2. The maximum atomic E-state index is 13.5. The molecule has 8 rings (SSSR count). The van der Waals surface area contributed by atoms with Crippen molar-refractivity contribution in [3.63, 3.8) is 0 Å². The Labute approximate surface area is 293 Å². The number of anilines is 1. The molecular formula is C38H37N3O8S. The molecule has 3 aliphatic heterocycles. The lowest BCUT2D eigenvalue weighted by Gasteiger charge is -2.37. The van der Waals surface area contributed by atoms with Gasteiger partial charge in [-0.25, -0.2) is 9.78 Å². The molecular weight excluding hydrogens is 658 g/mol. The van der Waals surface area contributed by atoms with Gasteiger partial charge < -0.3 is 33.4 Å². The zero-order valence-electron chi connectivity index (χ0n) is 28.3. The van der Waals surface area contributed by atoms with Crippen LogP contribution in [0.25, 0.3) is 11.0 Å². The van der Waals surface area contributed by atoms with Crippen molar-refractivity contribution < 1.29 is 38.0 Å². The Morgan fingerprint density at radius 2 is 1.72 bits per heavy atom. The zero-order chi connectivity index (χ0) is 34.9. The number of rotatable bonds is 6. The topological polar surface area (TPSA) is 130 Å². The standard InChI is InChI=1S/C23H24O6.C15H13N3O2S/c1-11(2)16-8-14-15(28-16)6-5-12-22(24)21-13-7-18(25-3)19(26-4)9-17(13)27-10-20(21)29-23(12)14;1-20-15(19)18-14-16-12-8-7-11(9-13(12)17-14)21-10-5-3-2-4-6-10/h5-7,9,11,16,20-21H,8,10H2,1-4H3;2-9H,1H3,(H2,16,17,18,19). The highest BCUT2D eigenvalue weighted by molar-refractivity contribution is 7.99. The number of fused-ring (bicyclic) bond motifs is 7. The van der Waals surface area contributed by atoms with Crippen molar-refractivity contribution in [1.82, 2.24) is 9.97 Å². The number of hydrogen-bond acceptors (Lipinski definition) is 10. The predicted octanol–water partition coefficient (Wildman–Crippen LogP) is 7.68. The summed E-state index contributed by atoms with van der Waals surface area (Å²) in [5, 5.41) is 2.52. The third-order valence-corrected chi connectivity index (χ3v) is 9.92. The number of ether oxygens (including phenoxy) is 6. The molecule has 1 amide bonds. The Balaban J connectivity index is 0.000000166. The molecule has 3 unspecified atom stereocenters. The van der Waals surface area contributed by atoms with Gasteiger partial charge in [-0.2, -0.15) is 0 Å². The molecule has 4 aromatic carbocycles. The van der Waals surface area contributed by atoms with E-state index in [1.807, 2.05) is 54.6 Å². The van der Waals surface area contributed by atoms with E-state index in [1.54, 1.807) is 32.0 Å². The van der Waals surface area contributed by atoms with Gasteiger partial charge in [0.25, 0.3) is 0 Å². The summed E-state index contributed by atoms with van der Waals surface area (Å²) < 4.78 is 33.7. The molecule has 0 saturated heterocycles. The maximum Gasteiger partial charge on any atom is 0.413 e. The summed E-state index contributed by atoms with van der Waals surface area (Å²) in [6, 6.07) is 23.4. The number of methoxy groups -OCH3 is 3. The van der Waals surface area contributed by atoms with Crippen molar-refractivity contribution in [2.24, 2.45) is 5.92 Å². The largest absolute Gasteiger partial charge is 0.493 e. The minimum absolute atomic E-state index is 0.0452. The first kappa shape index (κ1) is 33.2. The monoisotopic (exact) mass is 695 g/mol. The summed E-state index contributed by atoms with van der Waals surface area (Å²) in [7, 11) is 4.47. The van der Waals surface area contributed by atoms with E-state index in [4.69, 9.17) is 23.7 Å². The van der Waals surface area contributed by atoms with E-state index in [0.29, 0.717) is 47.0 Å². The summed E-state index contributed by atoms with van der Waals surface area (Å²) in [6.45, 7) is 4.58. The fraction of sp³-hybridized carbons (Fsp3) is 0.289. The first-order valence-corrected chi connectivity index (χ1v) is 17.1. The molecule has 0 bridgehead atoms. The van der Waals surface area contributed by atoms with E-state index in [0.717, 1.165) is 39.2 Å². The average molecular weight is 696 g/mol. The van der Waals surface area contributed by atoms with Crippen LogP contribution in [-0.4, -0.2) is 62.0 Å². The number of carbonyl (C=O) groups excluding carboxylic acids is 2. The second-order valence-corrected chi connectivity index (χ2v) is 13.5. The number of carbonyl (C=O) groups is 2. The number of nitrogens with zero attached hydrogens (tertiary/aromatic N) is 1. The summed E-state index contributed by atoms with van der Waals surface area (Å²) in [4.78, 5) is 34.3. The Bertz CT molecular complexity index is 2060. The van der Waals surface area contributed by atoms with Crippen molar-refractivity contribution in [1.29, 1.82) is 0 Å². The molecule has 5 aromatic rings. The van der Waals surface area contributed by atoms with Crippen molar-refractivity contribution in [3.8, 4) is 28.7 Å². The second-order valence-electron chi connectivity index (χ2n) is 12.4. The Hall–Kier alpha value is -5.36. The summed E-state index contributed by atoms with van der Waals surface area (Å²) in [5.41, 5.74) is 4.03. The number of H-pyrrole nitrogens is 1. The van der Waals surface area contributed by atoms with Crippen molar-refractivity contribution >= 4 is 40.6 Å². The minimum Gasteiger partial charge on any atom is -0.493 e. The Morgan fingerprint density at radius 1 is 0.940 bits per heavy atom. The quantitative estimate of drug-likeness (QED) is 0.182. The first-order chi connectivity index (χ1) is 24.3. The van der Waals surface area contributed by atoms with E-state index >= 15 is 0 Å². The summed E-state index contributed by atoms with van der Waals surface area (Å²) in [5.74, 6) is 3.61.